The van der Waals surface area contributed by atoms with Crippen molar-refractivity contribution in [2.75, 3.05) is 0 Å². The number of aromatic nitrogens is 1. The minimum atomic E-state index is -5.04. The molecule has 0 atom stereocenters. The zero-order valence-electron chi connectivity index (χ0n) is 7.76. The third-order valence-electron chi connectivity index (χ3n) is 1.61. The Labute approximate surface area is 105 Å². The van der Waals surface area contributed by atoms with Gasteiger partial charge in [-0.3, -0.25) is 4.79 Å². The third kappa shape index (κ3) is 3.48. The Kier molecular flexibility index (Phi) is 4.22. The first-order valence-electron chi connectivity index (χ1n) is 3.93. The average Bonchev–Trinajstić information content (AvgIpc) is 2.15. The van der Waals surface area contributed by atoms with Gasteiger partial charge in [-0.25, -0.2) is 13.8 Å². The Morgan fingerprint density at radius 1 is 1.41 bits per heavy atom. The molecule has 94 valence electrons. The molecule has 3 nitrogen and oxygen atoms in total. The molecule has 0 aliphatic heterocycles. The molecular weight excluding hydrogens is 364 g/mol. The fraction of sp³-hybridized carbons (Fsp3) is 0.250. The molecule has 0 aliphatic carbocycles. The standard InChI is InChI=1S/C8H3F5INO2/c9-6(10)3-1-15-7(17-8(11,12)13)4(2-16)5(3)14/h1-2,6H. The van der Waals surface area contributed by atoms with Gasteiger partial charge in [-0.2, -0.15) is 0 Å². The summed E-state index contributed by atoms with van der Waals surface area (Å²) in [7, 11) is 0. The minimum Gasteiger partial charge on any atom is -0.387 e. The Hall–Kier alpha value is -1.00. The highest BCUT2D eigenvalue weighted by atomic mass is 127. The lowest BCUT2D eigenvalue weighted by Crippen LogP contribution is -2.19. The molecule has 9 heteroatoms. The quantitative estimate of drug-likeness (QED) is 0.468. The second-order valence-corrected chi connectivity index (χ2v) is 3.79. The molecule has 0 bridgehead atoms. The first-order chi connectivity index (χ1) is 7.76. The van der Waals surface area contributed by atoms with Crippen LogP contribution < -0.4 is 4.74 Å². The molecule has 0 spiro atoms. The number of pyridine rings is 1. The second kappa shape index (κ2) is 5.10. The summed E-state index contributed by atoms with van der Waals surface area (Å²) < 4.78 is 63.7. The van der Waals surface area contributed by atoms with E-state index in [2.05, 4.69) is 9.72 Å². The molecule has 0 N–H and O–H groups in total. The van der Waals surface area contributed by atoms with Crippen molar-refractivity contribution in [2.45, 2.75) is 12.8 Å². The topological polar surface area (TPSA) is 39.2 Å². The van der Waals surface area contributed by atoms with Crippen molar-refractivity contribution >= 4 is 28.9 Å². The highest BCUT2D eigenvalue weighted by Crippen LogP contribution is 2.31. The number of carbonyl (C=O) groups excluding carboxylic acids is 1. The molecule has 0 aromatic carbocycles. The van der Waals surface area contributed by atoms with Crippen LogP contribution in [0.4, 0.5) is 22.0 Å². The van der Waals surface area contributed by atoms with Gasteiger partial charge in [-0.15, -0.1) is 13.2 Å². The number of aldehydes is 1. The van der Waals surface area contributed by atoms with Gasteiger partial charge in [-0.05, 0) is 22.6 Å². The van der Waals surface area contributed by atoms with Gasteiger partial charge in [0.25, 0.3) is 6.43 Å². The first kappa shape index (κ1) is 14.1. The maximum Gasteiger partial charge on any atom is 0.574 e. The lowest BCUT2D eigenvalue weighted by Gasteiger charge is -2.12. The second-order valence-electron chi connectivity index (χ2n) is 2.71. The van der Waals surface area contributed by atoms with Crippen LogP contribution in [0.5, 0.6) is 5.88 Å². The lowest BCUT2D eigenvalue weighted by molar-refractivity contribution is -0.276. The monoisotopic (exact) mass is 367 g/mol. The summed E-state index contributed by atoms with van der Waals surface area (Å²) in [6, 6.07) is 0. The van der Waals surface area contributed by atoms with Crippen LogP contribution in [-0.2, 0) is 0 Å². The summed E-state index contributed by atoms with van der Waals surface area (Å²) in [6.07, 6.45) is -7.45. The largest absolute Gasteiger partial charge is 0.574 e. The maximum atomic E-state index is 12.4. The van der Waals surface area contributed by atoms with Crippen molar-refractivity contribution in [1.29, 1.82) is 0 Å². The minimum absolute atomic E-state index is 0.0122. The zero-order chi connectivity index (χ0) is 13.2. The number of nitrogens with zero attached hydrogens (tertiary/aromatic N) is 1. The van der Waals surface area contributed by atoms with Gasteiger partial charge in [0.05, 0.1) is 11.1 Å². The van der Waals surface area contributed by atoms with E-state index in [1.807, 2.05) is 0 Å². The van der Waals surface area contributed by atoms with Crippen molar-refractivity contribution < 1.29 is 31.5 Å². The van der Waals surface area contributed by atoms with Crippen LogP contribution in [-0.4, -0.2) is 17.6 Å². The van der Waals surface area contributed by atoms with Gasteiger partial charge in [-0.1, -0.05) is 0 Å². The molecule has 1 rings (SSSR count). The van der Waals surface area contributed by atoms with E-state index in [-0.39, 0.29) is 9.86 Å². The van der Waals surface area contributed by atoms with Crippen LogP contribution in [0.15, 0.2) is 6.20 Å². The van der Waals surface area contributed by atoms with E-state index in [1.54, 1.807) is 0 Å². The van der Waals surface area contributed by atoms with Crippen LogP contribution in [0.2, 0.25) is 0 Å². The summed E-state index contributed by atoms with van der Waals surface area (Å²) in [4.78, 5) is 13.6. The van der Waals surface area contributed by atoms with Crippen LogP contribution >= 0.6 is 22.6 Å². The van der Waals surface area contributed by atoms with E-state index in [9.17, 15) is 26.7 Å². The predicted octanol–water partition coefficient (Wildman–Crippen LogP) is 3.33. The average molecular weight is 367 g/mol. The van der Waals surface area contributed by atoms with Gasteiger partial charge < -0.3 is 4.74 Å². The molecule has 17 heavy (non-hydrogen) atoms. The van der Waals surface area contributed by atoms with Crippen LogP contribution in [0, 0.1) is 3.57 Å². The molecule has 0 saturated carbocycles. The molecule has 1 aromatic rings. The van der Waals surface area contributed by atoms with Gasteiger partial charge in [0.2, 0.25) is 5.88 Å². The molecule has 0 unspecified atom stereocenters. The van der Waals surface area contributed by atoms with Crippen molar-refractivity contribution in [2.24, 2.45) is 0 Å². The summed E-state index contributed by atoms with van der Waals surface area (Å²) in [5.41, 5.74) is -1.28. The van der Waals surface area contributed by atoms with Crippen LogP contribution in [0.1, 0.15) is 22.3 Å². The van der Waals surface area contributed by atoms with E-state index in [0.29, 0.717) is 6.20 Å². The number of halogens is 6. The smallest absolute Gasteiger partial charge is 0.387 e. The van der Waals surface area contributed by atoms with Gasteiger partial charge in [0, 0.05) is 9.77 Å². The highest BCUT2D eigenvalue weighted by Gasteiger charge is 2.34. The first-order valence-corrected chi connectivity index (χ1v) is 5.01. The van der Waals surface area contributed by atoms with E-state index in [0.717, 1.165) is 0 Å². The SMILES string of the molecule is O=Cc1c(OC(F)(F)F)ncc(C(F)F)c1I. The number of rotatable bonds is 3. The van der Waals surface area contributed by atoms with Gasteiger partial charge >= 0.3 is 6.36 Å². The molecule has 1 heterocycles. The van der Waals surface area contributed by atoms with Crippen molar-refractivity contribution in [1.82, 2.24) is 4.98 Å². The third-order valence-corrected chi connectivity index (χ3v) is 2.81. The lowest BCUT2D eigenvalue weighted by atomic mass is 10.2. The molecule has 0 radical (unpaired) electrons. The summed E-state index contributed by atoms with van der Waals surface area (Å²) >= 11 is 1.33. The molecule has 0 saturated heterocycles. The summed E-state index contributed by atoms with van der Waals surface area (Å²) in [6.45, 7) is 0. The Morgan fingerprint density at radius 2 is 2.00 bits per heavy atom. The Balaban J connectivity index is 3.26. The van der Waals surface area contributed by atoms with Crippen LogP contribution in [0.25, 0.3) is 0 Å². The molecular formula is C8H3F5INO2. The number of hydrogen-bond donors (Lipinski definition) is 0. The Morgan fingerprint density at radius 3 is 2.41 bits per heavy atom. The number of carbonyl (C=O) groups is 1. The number of ether oxygens (including phenoxy) is 1. The highest BCUT2D eigenvalue weighted by molar-refractivity contribution is 14.1. The fourth-order valence-electron chi connectivity index (χ4n) is 0.949. The van der Waals surface area contributed by atoms with Crippen molar-refractivity contribution in [3.8, 4) is 5.88 Å². The normalized spacial score (nSPS) is 11.7. The van der Waals surface area contributed by atoms with Gasteiger partial charge in [0.1, 0.15) is 0 Å². The van der Waals surface area contributed by atoms with Crippen LogP contribution in [0.3, 0.4) is 0 Å². The number of hydrogen-bond acceptors (Lipinski definition) is 3. The van der Waals surface area contributed by atoms with E-state index < -0.39 is 29.8 Å². The molecule has 0 aliphatic rings. The predicted molar refractivity (Wildman–Crippen MR) is 54.0 cm³/mol. The Bertz CT molecular complexity index is 435. The zero-order valence-corrected chi connectivity index (χ0v) is 9.92. The van der Waals surface area contributed by atoms with E-state index >= 15 is 0 Å². The van der Waals surface area contributed by atoms with Crippen molar-refractivity contribution in [3.63, 3.8) is 0 Å². The van der Waals surface area contributed by atoms with Crippen molar-refractivity contribution in [3.05, 3.63) is 20.9 Å². The summed E-state index contributed by atoms with van der Waals surface area (Å²) in [5, 5.41) is 0. The molecule has 1 aromatic heterocycles. The number of alkyl halides is 5. The molecule has 0 fully saturated rings. The van der Waals surface area contributed by atoms with E-state index in [1.165, 1.54) is 22.6 Å². The fourth-order valence-corrected chi connectivity index (χ4v) is 1.68. The van der Waals surface area contributed by atoms with E-state index in [4.69, 9.17) is 0 Å². The maximum absolute atomic E-state index is 12.4. The molecule has 0 amide bonds. The van der Waals surface area contributed by atoms with Gasteiger partial charge in [0.15, 0.2) is 6.29 Å². The summed E-state index contributed by atoms with van der Waals surface area (Å²) in [5.74, 6) is -1.04.